The molecule has 1 unspecified atom stereocenters. The van der Waals surface area contributed by atoms with Gasteiger partial charge in [-0.2, -0.15) is 0 Å². The summed E-state index contributed by atoms with van der Waals surface area (Å²) in [6, 6.07) is 16.3. The van der Waals surface area contributed by atoms with Gasteiger partial charge in [0.05, 0.1) is 0 Å². The summed E-state index contributed by atoms with van der Waals surface area (Å²) in [5.41, 5.74) is 3.31. The van der Waals surface area contributed by atoms with Gasteiger partial charge in [-0.1, -0.05) is 62.4 Å². The van der Waals surface area contributed by atoms with Crippen LogP contribution in [0.2, 0.25) is 0 Å². The van der Waals surface area contributed by atoms with Crippen LogP contribution in [0.25, 0.3) is 11.1 Å². The number of benzene rings is 2. The molecule has 0 heterocycles. The van der Waals surface area contributed by atoms with Crippen molar-refractivity contribution in [2.45, 2.75) is 45.6 Å². The van der Waals surface area contributed by atoms with Crippen LogP contribution in [0, 0.1) is 11.8 Å². The zero-order valence-electron chi connectivity index (χ0n) is 20.5. The van der Waals surface area contributed by atoms with Gasteiger partial charge in [0.1, 0.15) is 12.1 Å². The summed E-state index contributed by atoms with van der Waals surface area (Å²) in [4.78, 5) is 37.9. The lowest BCUT2D eigenvalue weighted by atomic mass is 9.91. The minimum Gasteiger partial charge on any atom is -0.480 e. The molecule has 2 N–H and O–H groups in total. The zero-order chi connectivity index (χ0) is 25.0. The van der Waals surface area contributed by atoms with Gasteiger partial charge in [0.2, 0.25) is 5.91 Å². The van der Waals surface area contributed by atoms with Gasteiger partial charge in [-0.3, -0.25) is 4.79 Å². The van der Waals surface area contributed by atoms with Gasteiger partial charge < -0.3 is 20.1 Å². The summed E-state index contributed by atoms with van der Waals surface area (Å²) >= 11 is 0. The van der Waals surface area contributed by atoms with E-state index in [2.05, 4.69) is 29.6 Å². The average Bonchev–Trinajstić information content (AvgIpc) is 3.13. The van der Waals surface area contributed by atoms with Crippen LogP contribution in [-0.2, 0) is 14.3 Å². The molecule has 0 radical (unpaired) electrons. The predicted molar refractivity (Wildman–Crippen MR) is 131 cm³/mol. The molecule has 0 saturated carbocycles. The molecule has 1 aliphatic carbocycles. The molecule has 0 aliphatic heterocycles. The average molecular weight is 467 g/mol. The van der Waals surface area contributed by atoms with Crippen LogP contribution in [-0.4, -0.2) is 53.7 Å². The Labute approximate surface area is 201 Å². The second-order valence-corrected chi connectivity index (χ2v) is 9.73. The third-order valence-electron chi connectivity index (χ3n) is 6.97. The summed E-state index contributed by atoms with van der Waals surface area (Å²) in [6.45, 7) is 7.42. The minimum absolute atomic E-state index is 0.0208. The van der Waals surface area contributed by atoms with Crippen LogP contribution in [0.3, 0.4) is 0 Å². The number of rotatable bonds is 9. The summed E-state index contributed by atoms with van der Waals surface area (Å²) in [5, 5.41) is 12.2. The zero-order valence-corrected chi connectivity index (χ0v) is 20.5. The molecule has 2 amide bonds. The SMILES string of the molecule is CC(C)C(CNC(=O)OCC1c2ccccc2-c2ccccc21)CC(=O)N(C)C(C)(C)C(=O)O. The van der Waals surface area contributed by atoms with E-state index in [1.165, 1.54) is 36.9 Å². The van der Waals surface area contributed by atoms with Gasteiger partial charge >= 0.3 is 12.1 Å². The van der Waals surface area contributed by atoms with Gasteiger partial charge in [-0.15, -0.1) is 0 Å². The van der Waals surface area contributed by atoms with Crippen molar-refractivity contribution in [1.82, 2.24) is 10.2 Å². The van der Waals surface area contributed by atoms with Crippen molar-refractivity contribution in [3.05, 3.63) is 59.7 Å². The molecule has 3 rings (SSSR count). The number of likely N-dealkylation sites (N-methyl/N-ethyl adjacent to an activating group) is 1. The summed E-state index contributed by atoms with van der Waals surface area (Å²) in [6.07, 6.45) is -0.395. The Kier molecular flexibility index (Phi) is 7.64. The maximum absolute atomic E-state index is 12.7. The molecule has 34 heavy (non-hydrogen) atoms. The molecule has 0 bridgehead atoms. The first-order valence-corrected chi connectivity index (χ1v) is 11.6. The monoisotopic (exact) mass is 466 g/mol. The highest BCUT2D eigenvalue weighted by atomic mass is 16.5. The molecule has 2 aromatic carbocycles. The van der Waals surface area contributed by atoms with Gasteiger partial charge in [0.25, 0.3) is 0 Å². The molecule has 7 heteroatoms. The summed E-state index contributed by atoms with van der Waals surface area (Å²) in [7, 11) is 1.49. The highest BCUT2D eigenvalue weighted by Crippen LogP contribution is 2.44. The highest BCUT2D eigenvalue weighted by Gasteiger charge is 2.36. The third-order valence-corrected chi connectivity index (χ3v) is 6.97. The second kappa shape index (κ2) is 10.3. The standard InChI is InChI=1S/C27H34N2O5/c1-17(2)18(14-24(30)29(5)27(3,4)25(31)32)15-28-26(33)34-16-23-21-12-8-6-10-19(21)20-11-7-9-13-22(20)23/h6-13,17-18,23H,14-16H2,1-5H3,(H,28,33)(H,31,32). The lowest BCUT2D eigenvalue weighted by Gasteiger charge is -2.33. The first-order valence-electron chi connectivity index (χ1n) is 11.6. The van der Waals surface area contributed by atoms with Crippen molar-refractivity contribution >= 4 is 18.0 Å². The number of hydrogen-bond donors (Lipinski definition) is 2. The van der Waals surface area contributed by atoms with Gasteiger partial charge in [0.15, 0.2) is 0 Å². The number of carbonyl (C=O) groups is 3. The van der Waals surface area contributed by atoms with E-state index in [0.717, 1.165) is 11.1 Å². The number of nitrogens with zero attached hydrogens (tertiary/aromatic N) is 1. The van der Waals surface area contributed by atoms with E-state index in [1.807, 2.05) is 38.1 Å². The molecule has 0 fully saturated rings. The normalized spacial score (nSPS) is 13.7. The smallest absolute Gasteiger partial charge is 0.407 e. The number of fused-ring (bicyclic) bond motifs is 3. The van der Waals surface area contributed by atoms with E-state index in [0.29, 0.717) is 0 Å². The number of hydrogen-bond acceptors (Lipinski definition) is 4. The van der Waals surface area contributed by atoms with Crippen LogP contribution in [0.1, 0.15) is 51.2 Å². The number of alkyl carbamates (subject to hydrolysis) is 1. The first kappa shape index (κ1) is 25.3. The second-order valence-electron chi connectivity index (χ2n) is 9.73. The highest BCUT2D eigenvalue weighted by molar-refractivity contribution is 5.86. The van der Waals surface area contributed by atoms with Crippen molar-refractivity contribution in [3.63, 3.8) is 0 Å². The Balaban J connectivity index is 1.57. The lowest BCUT2D eigenvalue weighted by Crippen LogP contribution is -2.51. The van der Waals surface area contributed by atoms with E-state index in [9.17, 15) is 19.5 Å². The number of carbonyl (C=O) groups excluding carboxylic acids is 2. The lowest BCUT2D eigenvalue weighted by molar-refractivity contribution is -0.155. The Morgan fingerprint density at radius 1 is 1.03 bits per heavy atom. The van der Waals surface area contributed by atoms with Crippen molar-refractivity contribution in [2.24, 2.45) is 11.8 Å². The van der Waals surface area contributed by atoms with E-state index in [1.54, 1.807) is 0 Å². The largest absolute Gasteiger partial charge is 0.480 e. The number of carboxylic acids is 1. The molecular formula is C27H34N2O5. The topological polar surface area (TPSA) is 95.9 Å². The Morgan fingerprint density at radius 2 is 1.56 bits per heavy atom. The molecule has 1 aliphatic rings. The van der Waals surface area contributed by atoms with Gasteiger partial charge in [0, 0.05) is 25.9 Å². The Morgan fingerprint density at radius 3 is 2.06 bits per heavy atom. The van der Waals surface area contributed by atoms with E-state index < -0.39 is 17.6 Å². The van der Waals surface area contributed by atoms with Crippen LogP contribution in [0.4, 0.5) is 4.79 Å². The van der Waals surface area contributed by atoms with Gasteiger partial charge in [-0.25, -0.2) is 9.59 Å². The van der Waals surface area contributed by atoms with Crippen LogP contribution < -0.4 is 5.32 Å². The molecule has 0 aromatic heterocycles. The fraction of sp³-hybridized carbons (Fsp3) is 0.444. The number of aliphatic carboxylic acids is 1. The fourth-order valence-electron chi connectivity index (χ4n) is 4.22. The van der Waals surface area contributed by atoms with Crippen LogP contribution in [0.5, 0.6) is 0 Å². The molecule has 0 spiro atoms. The molecule has 7 nitrogen and oxygen atoms in total. The molecule has 2 aromatic rings. The quantitative estimate of drug-likeness (QED) is 0.567. The van der Waals surface area contributed by atoms with E-state index in [-0.39, 0.29) is 43.2 Å². The number of carboxylic acid groups (broad SMARTS) is 1. The number of amides is 2. The maximum atomic E-state index is 12.7. The van der Waals surface area contributed by atoms with Crippen molar-refractivity contribution in [2.75, 3.05) is 20.2 Å². The van der Waals surface area contributed by atoms with Crippen LogP contribution in [0.15, 0.2) is 48.5 Å². The minimum atomic E-state index is -1.31. The number of nitrogens with one attached hydrogen (secondary N) is 1. The molecular weight excluding hydrogens is 432 g/mol. The van der Waals surface area contributed by atoms with Crippen molar-refractivity contribution in [1.29, 1.82) is 0 Å². The predicted octanol–water partition coefficient (Wildman–Crippen LogP) is 4.51. The van der Waals surface area contributed by atoms with E-state index >= 15 is 0 Å². The molecule has 182 valence electrons. The van der Waals surface area contributed by atoms with Crippen LogP contribution >= 0.6 is 0 Å². The van der Waals surface area contributed by atoms with Crippen molar-refractivity contribution in [3.8, 4) is 11.1 Å². The first-order chi connectivity index (χ1) is 16.0. The van der Waals surface area contributed by atoms with Gasteiger partial charge in [-0.05, 0) is 47.9 Å². The maximum Gasteiger partial charge on any atom is 0.407 e. The summed E-state index contributed by atoms with van der Waals surface area (Å²) < 4.78 is 5.58. The Hall–Kier alpha value is -3.35. The summed E-state index contributed by atoms with van der Waals surface area (Å²) in [5.74, 6) is -1.41. The third kappa shape index (κ3) is 5.24. The number of ether oxygens (including phenoxy) is 1. The molecule has 0 saturated heterocycles. The Bertz CT molecular complexity index is 1020. The van der Waals surface area contributed by atoms with Crippen molar-refractivity contribution < 1.29 is 24.2 Å². The fourth-order valence-corrected chi connectivity index (χ4v) is 4.22. The molecule has 1 atom stereocenters. The van der Waals surface area contributed by atoms with E-state index in [4.69, 9.17) is 4.74 Å².